The van der Waals surface area contributed by atoms with Crippen molar-refractivity contribution in [2.24, 2.45) is 0 Å². The van der Waals surface area contributed by atoms with E-state index in [1.54, 1.807) is 12.1 Å². The van der Waals surface area contributed by atoms with Crippen LogP contribution in [-0.2, 0) is 11.2 Å². The Morgan fingerprint density at radius 1 is 1.22 bits per heavy atom. The lowest BCUT2D eigenvalue weighted by molar-refractivity contribution is 0.0594. The summed E-state index contributed by atoms with van der Waals surface area (Å²) >= 11 is 0. The average Bonchev–Trinajstić information content (AvgIpc) is 2.53. The Labute approximate surface area is 130 Å². The molecule has 1 aliphatic carbocycles. The summed E-state index contributed by atoms with van der Waals surface area (Å²) in [6, 6.07) is 6.80. The molecule has 0 aliphatic heterocycles. The molecule has 1 aromatic carbocycles. The van der Waals surface area contributed by atoms with Crippen LogP contribution in [0.1, 0.15) is 44.4 Å². The van der Waals surface area contributed by atoms with E-state index in [2.05, 4.69) is 4.74 Å². The molecule has 1 aromatic heterocycles. The van der Waals surface area contributed by atoms with E-state index in [1.807, 2.05) is 0 Å². The highest BCUT2D eigenvalue weighted by atomic mass is 19.1. The van der Waals surface area contributed by atoms with Crippen molar-refractivity contribution in [1.82, 2.24) is 0 Å². The van der Waals surface area contributed by atoms with Crippen LogP contribution in [0.5, 0.6) is 0 Å². The predicted molar refractivity (Wildman–Crippen MR) is 78.1 cm³/mol. The number of hydrogen-bond donors (Lipinski definition) is 0. The lowest BCUT2D eigenvalue weighted by Gasteiger charge is -2.23. The number of ether oxygens (including phenoxy) is 1. The molecule has 3 rings (SSSR count). The molecule has 0 N–H and O–H groups in total. The van der Waals surface area contributed by atoms with E-state index >= 15 is 0 Å². The van der Waals surface area contributed by atoms with Crippen LogP contribution in [0.2, 0.25) is 0 Å². The molecule has 0 radical (unpaired) electrons. The predicted octanol–water partition coefficient (Wildman–Crippen LogP) is 2.48. The first-order chi connectivity index (χ1) is 11.0. The largest absolute Gasteiger partial charge is 0.465 e. The minimum Gasteiger partial charge on any atom is -0.465 e. The van der Waals surface area contributed by atoms with E-state index in [4.69, 9.17) is 4.42 Å². The Morgan fingerprint density at radius 3 is 2.57 bits per heavy atom. The van der Waals surface area contributed by atoms with E-state index in [9.17, 15) is 18.8 Å². The molecular weight excluding hydrogens is 303 g/mol. The zero-order chi connectivity index (χ0) is 16.6. The molecule has 0 amide bonds. The van der Waals surface area contributed by atoms with Crippen LogP contribution >= 0.6 is 0 Å². The minimum absolute atomic E-state index is 0.0682. The quantitative estimate of drug-likeness (QED) is 0.796. The number of rotatable bonds is 2. The fourth-order valence-corrected chi connectivity index (χ4v) is 2.85. The van der Waals surface area contributed by atoms with Gasteiger partial charge in [0.1, 0.15) is 11.6 Å². The van der Waals surface area contributed by atoms with Crippen molar-refractivity contribution in [1.29, 1.82) is 0 Å². The summed E-state index contributed by atoms with van der Waals surface area (Å²) in [6.45, 7) is 0. The van der Waals surface area contributed by atoms with Crippen LogP contribution in [0.15, 0.2) is 39.5 Å². The number of esters is 1. The third kappa shape index (κ3) is 2.79. The van der Waals surface area contributed by atoms with Gasteiger partial charge in [-0.1, -0.05) is 12.1 Å². The van der Waals surface area contributed by atoms with Crippen LogP contribution in [0.25, 0.3) is 0 Å². The highest BCUT2D eigenvalue weighted by molar-refractivity contribution is 6.07. The van der Waals surface area contributed by atoms with Gasteiger partial charge in [0.05, 0.1) is 18.2 Å². The molecule has 1 atom stereocenters. The SMILES string of the molecule is COC(=O)c1cc(=O)oc2c1C(=O)CC(c1ccc(F)cc1)C2. The molecule has 23 heavy (non-hydrogen) atoms. The maximum atomic E-state index is 13.0. The molecule has 0 fully saturated rings. The second-order valence-electron chi connectivity index (χ2n) is 5.35. The van der Waals surface area contributed by atoms with Gasteiger partial charge in [0.25, 0.3) is 0 Å². The maximum absolute atomic E-state index is 13.0. The van der Waals surface area contributed by atoms with Crippen molar-refractivity contribution in [3.05, 3.63) is 69.0 Å². The second kappa shape index (κ2) is 5.79. The summed E-state index contributed by atoms with van der Waals surface area (Å²) in [5.41, 5.74) is 0.101. The average molecular weight is 316 g/mol. The lowest BCUT2D eigenvalue weighted by atomic mass is 9.81. The van der Waals surface area contributed by atoms with Gasteiger partial charge < -0.3 is 9.15 Å². The van der Waals surface area contributed by atoms with E-state index < -0.39 is 11.6 Å². The van der Waals surface area contributed by atoms with Crippen LogP contribution < -0.4 is 5.63 Å². The number of carbonyl (C=O) groups excluding carboxylic acids is 2. The number of halogens is 1. The topological polar surface area (TPSA) is 73.6 Å². The van der Waals surface area contributed by atoms with Crippen LogP contribution in [0.3, 0.4) is 0 Å². The van der Waals surface area contributed by atoms with Gasteiger partial charge in [0, 0.05) is 18.9 Å². The normalized spacial score (nSPS) is 16.8. The number of ketones is 1. The van der Waals surface area contributed by atoms with Gasteiger partial charge in [-0.25, -0.2) is 14.0 Å². The molecule has 0 spiro atoms. The van der Waals surface area contributed by atoms with Crippen molar-refractivity contribution in [2.45, 2.75) is 18.8 Å². The minimum atomic E-state index is -0.747. The van der Waals surface area contributed by atoms with E-state index in [0.29, 0.717) is 0 Å². The fourth-order valence-electron chi connectivity index (χ4n) is 2.85. The van der Waals surface area contributed by atoms with E-state index in [1.165, 1.54) is 19.2 Å². The summed E-state index contributed by atoms with van der Waals surface area (Å²) in [5.74, 6) is -1.47. The molecule has 0 bridgehead atoms. The number of carbonyl (C=O) groups is 2. The van der Waals surface area contributed by atoms with Gasteiger partial charge in [0.15, 0.2) is 5.78 Å². The van der Waals surface area contributed by atoms with Gasteiger partial charge in [-0.15, -0.1) is 0 Å². The van der Waals surface area contributed by atoms with Crippen LogP contribution in [0, 0.1) is 5.82 Å². The first-order valence-corrected chi connectivity index (χ1v) is 7.03. The zero-order valence-corrected chi connectivity index (χ0v) is 12.3. The number of Topliss-reactive ketones (excluding diaryl/α,β-unsaturated/α-hetero) is 1. The first-order valence-electron chi connectivity index (χ1n) is 7.03. The molecule has 2 aromatic rings. The van der Waals surface area contributed by atoms with Gasteiger partial charge in [-0.2, -0.15) is 0 Å². The molecule has 0 saturated heterocycles. The molecule has 5 nitrogen and oxygen atoms in total. The standard InChI is InChI=1S/C17H13FO5/c1-22-17(21)12-8-15(20)23-14-7-10(6-13(19)16(12)14)9-2-4-11(18)5-3-9/h2-5,8,10H,6-7H2,1H3. The number of methoxy groups -OCH3 is 1. The summed E-state index contributed by atoms with van der Waals surface area (Å²) in [6.07, 6.45) is 0.434. The number of fused-ring (bicyclic) bond motifs is 1. The molecule has 1 heterocycles. The Kier molecular flexibility index (Phi) is 3.82. The molecular formula is C17H13FO5. The Hall–Kier alpha value is -2.76. The summed E-state index contributed by atoms with van der Waals surface area (Å²) in [4.78, 5) is 35.9. The molecule has 6 heteroatoms. The van der Waals surface area contributed by atoms with Crippen molar-refractivity contribution in [2.75, 3.05) is 7.11 Å². The highest BCUT2D eigenvalue weighted by Crippen LogP contribution is 2.33. The number of benzene rings is 1. The van der Waals surface area contributed by atoms with Crippen molar-refractivity contribution in [3.8, 4) is 0 Å². The Bertz CT molecular complexity index is 835. The summed E-state index contributed by atoms with van der Waals surface area (Å²) < 4.78 is 22.8. The zero-order valence-electron chi connectivity index (χ0n) is 12.3. The van der Waals surface area contributed by atoms with Crippen LogP contribution in [0.4, 0.5) is 4.39 Å². The highest BCUT2D eigenvalue weighted by Gasteiger charge is 2.33. The van der Waals surface area contributed by atoms with E-state index in [0.717, 1.165) is 11.6 Å². The van der Waals surface area contributed by atoms with Gasteiger partial charge >= 0.3 is 11.6 Å². The van der Waals surface area contributed by atoms with Gasteiger partial charge in [-0.05, 0) is 23.6 Å². The smallest absolute Gasteiger partial charge is 0.338 e. The fraction of sp³-hybridized carbons (Fsp3) is 0.235. The monoisotopic (exact) mass is 316 g/mol. The first kappa shape index (κ1) is 15.1. The van der Waals surface area contributed by atoms with E-state index in [-0.39, 0.29) is 47.2 Å². The van der Waals surface area contributed by atoms with Crippen molar-refractivity contribution >= 4 is 11.8 Å². The third-order valence-electron chi connectivity index (χ3n) is 3.92. The maximum Gasteiger partial charge on any atom is 0.338 e. The Morgan fingerprint density at radius 2 is 1.91 bits per heavy atom. The molecule has 1 aliphatic rings. The summed E-state index contributed by atoms with van der Waals surface area (Å²) in [7, 11) is 1.18. The van der Waals surface area contributed by atoms with Crippen molar-refractivity contribution < 1.29 is 23.1 Å². The molecule has 0 saturated carbocycles. The van der Waals surface area contributed by atoms with Gasteiger partial charge in [0.2, 0.25) is 0 Å². The van der Waals surface area contributed by atoms with Crippen LogP contribution in [-0.4, -0.2) is 18.9 Å². The van der Waals surface area contributed by atoms with Crippen molar-refractivity contribution in [3.63, 3.8) is 0 Å². The Balaban J connectivity index is 2.05. The molecule has 118 valence electrons. The second-order valence-corrected chi connectivity index (χ2v) is 5.35. The third-order valence-corrected chi connectivity index (χ3v) is 3.92. The van der Waals surface area contributed by atoms with Gasteiger partial charge in [-0.3, -0.25) is 4.79 Å². The number of hydrogen-bond acceptors (Lipinski definition) is 5. The summed E-state index contributed by atoms with van der Waals surface area (Å²) in [5, 5.41) is 0. The molecule has 1 unspecified atom stereocenters. The lowest BCUT2D eigenvalue weighted by Crippen LogP contribution is -2.25.